The van der Waals surface area contributed by atoms with Crippen LogP contribution >= 0.6 is 0 Å². The molecule has 0 radical (unpaired) electrons. The molecule has 0 aromatic heterocycles. The van der Waals surface area contributed by atoms with Gasteiger partial charge in [-0.05, 0) is 21.1 Å². The van der Waals surface area contributed by atoms with Gasteiger partial charge >= 0.3 is 29.6 Å². The quantitative estimate of drug-likeness (QED) is 0.286. The Labute approximate surface area is 67.8 Å². The standard InChI is InChI=1S/C3H9N.ClH.Na/c1-4(2)3;;/h1-3H3;1H;/q;;+1/p-1. The van der Waals surface area contributed by atoms with Crippen molar-refractivity contribution < 1.29 is 42.0 Å². The average molecular weight is 118 g/mol. The third-order valence-electron chi connectivity index (χ3n) is 0. The summed E-state index contributed by atoms with van der Waals surface area (Å²) in [7, 11) is 6.00. The fraction of sp³-hybridized carbons (Fsp3) is 1.00. The Kier molecular flexibility index (Phi) is 24.9. The number of hydrogen-bond donors (Lipinski definition) is 0. The third-order valence-corrected chi connectivity index (χ3v) is 0. The van der Waals surface area contributed by atoms with Gasteiger partial charge in [0.15, 0.2) is 0 Å². The molecule has 0 N–H and O–H groups in total. The summed E-state index contributed by atoms with van der Waals surface area (Å²) in [6, 6.07) is 0. The Morgan fingerprint density at radius 3 is 1.00 bits per heavy atom. The van der Waals surface area contributed by atoms with Crippen molar-refractivity contribution in [3.63, 3.8) is 0 Å². The molecular weight excluding hydrogens is 108 g/mol. The molecular formula is C3H9ClNNa. The second-order valence-corrected chi connectivity index (χ2v) is 1.34. The van der Waals surface area contributed by atoms with Crippen LogP contribution in [0.4, 0.5) is 0 Å². The molecule has 0 spiro atoms. The topological polar surface area (TPSA) is 3.24 Å². The number of rotatable bonds is 0. The third kappa shape index (κ3) is 60.7. The minimum atomic E-state index is 0. The molecule has 1 nitrogen and oxygen atoms in total. The predicted molar refractivity (Wildman–Crippen MR) is 19.6 cm³/mol. The van der Waals surface area contributed by atoms with Crippen LogP contribution in [-0.2, 0) is 0 Å². The van der Waals surface area contributed by atoms with Gasteiger partial charge in [-0.2, -0.15) is 0 Å². The van der Waals surface area contributed by atoms with Gasteiger partial charge in [0.05, 0.1) is 0 Å². The maximum atomic E-state index is 2.00. The van der Waals surface area contributed by atoms with Crippen molar-refractivity contribution >= 4 is 0 Å². The maximum absolute atomic E-state index is 2.00. The minimum absolute atomic E-state index is 0. The van der Waals surface area contributed by atoms with Crippen LogP contribution in [0.3, 0.4) is 0 Å². The van der Waals surface area contributed by atoms with Crippen LogP contribution in [0.15, 0.2) is 0 Å². The van der Waals surface area contributed by atoms with Gasteiger partial charge in [-0.3, -0.25) is 0 Å². The van der Waals surface area contributed by atoms with Crippen molar-refractivity contribution in [3.8, 4) is 0 Å². The van der Waals surface area contributed by atoms with Gasteiger partial charge in [-0.1, -0.05) is 0 Å². The van der Waals surface area contributed by atoms with Crippen molar-refractivity contribution in [1.29, 1.82) is 0 Å². The van der Waals surface area contributed by atoms with Crippen LogP contribution in [0.1, 0.15) is 0 Å². The van der Waals surface area contributed by atoms with Crippen molar-refractivity contribution in [2.75, 3.05) is 21.1 Å². The molecule has 0 saturated heterocycles. The molecule has 0 unspecified atom stereocenters. The second kappa shape index (κ2) is 9.54. The molecule has 0 aliphatic heterocycles. The van der Waals surface area contributed by atoms with E-state index in [1.165, 1.54) is 0 Å². The molecule has 0 amide bonds. The van der Waals surface area contributed by atoms with E-state index in [0.717, 1.165) is 0 Å². The Hall–Kier alpha value is 1.25. The number of hydrogen-bond acceptors (Lipinski definition) is 1. The van der Waals surface area contributed by atoms with E-state index < -0.39 is 0 Å². The van der Waals surface area contributed by atoms with Crippen LogP contribution in [0, 0.1) is 0 Å². The molecule has 3 heteroatoms. The van der Waals surface area contributed by atoms with Gasteiger partial charge < -0.3 is 17.3 Å². The molecule has 0 aromatic rings. The smallest absolute Gasteiger partial charge is 1.00 e. The van der Waals surface area contributed by atoms with Gasteiger partial charge in [0.2, 0.25) is 0 Å². The Morgan fingerprint density at radius 1 is 1.00 bits per heavy atom. The molecule has 0 saturated carbocycles. The van der Waals surface area contributed by atoms with Gasteiger partial charge in [0, 0.05) is 0 Å². The summed E-state index contributed by atoms with van der Waals surface area (Å²) in [5.41, 5.74) is 0. The predicted octanol–water partition coefficient (Wildman–Crippen LogP) is -5.81. The maximum Gasteiger partial charge on any atom is 1.00 e. The van der Waals surface area contributed by atoms with E-state index in [1.54, 1.807) is 0 Å². The fourth-order valence-corrected chi connectivity index (χ4v) is 0. The molecule has 0 rings (SSSR count). The van der Waals surface area contributed by atoms with E-state index in [0.29, 0.717) is 0 Å². The zero-order valence-electron chi connectivity index (χ0n) is 4.83. The van der Waals surface area contributed by atoms with E-state index in [-0.39, 0.29) is 42.0 Å². The van der Waals surface area contributed by atoms with Gasteiger partial charge in [0.25, 0.3) is 0 Å². The van der Waals surface area contributed by atoms with Gasteiger partial charge in [-0.15, -0.1) is 0 Å². The van der Waals surface area contributed by atoms with Crippen molar-refractivity contribution in [2.24, 2.45) is 0 Å². The summed E-state index contributed by atoms with van der Waals surface area (Å²) < 4.78 is 0. The average Bonchev–Trinajstić information content (AvgIpc) is 0.811. The van der Waals surface area contributed by atoms with Crippen LogP contribution < -0.4 is 42.0 Å². The fourth-order valence-electron chi connectivity index (χ4n) is 0. The summed E-state index contributed by atoms with van der Waals surface area (Å²) >= 11 is 0. The minimum Gasteiger partial charge on any atom is -1.00 e. The van der Waals surface area contributed by atoms with Gasteiger partial charge in [0.1, 0.15) is 0 Å². The molecule has 0 heterocycles. The van der Waals surface area contributed by atoms with E-state index in [1.807, 2.05) is 26.0 Å². The monoisotopic (exact) mass is 117 g/mol. The molecule has 0 aliphatic carbocycles. The summed E-state index contributed by atoms with van der Waals surface area (Å²) in [6.45, 7) is 0. The Balaban J connectivity index is -0.0000000450. The van der Waals surface area contributed by atoms with E-state index in [2.05, 4.69) is 0 Å². The normalized spacial score (nSPS) is 6.00. The van der Waals surface area contributed by atoms with Crippen LogP contribution in [-0.4, -0.2) is 26.0 Å². The first-order chi connectivity index (χ1) is 1.73. The second-order valence-electron chi connectivity index (χ2n) is 1.34. The summed E-state index contributed by atoms with van der Waals surface area (Å²) in [4.78, 5) is 2.00. The molecule has 0 bridgehead atoms. The Morgan fingerprint density at radius 2 is 1.00 bits per heavy atom. The molecule has 0 atom stereocenters. The number of halogens is 1. The molecule has 0 aromatic carbocycles. The van der Waals surface area contributed by atoms with Crippen LogP contribution in [0.5, 0.6) is 0 Å². The SMILES string of the molecule is CN(C)C.[Cl-].[Na+]. The van der Waals surface area contributed by atoms with E-state index in [4.69, 9.17) is 0 Å². The van der Waals surface area contributed by atoms with Gasteiger partial charge in [-0.25, -0.2) is 0 Å². The van der Waals surface area contributed by atoms with Crippen LogP contribution in [0.2, 0.25) is 0 Å². The number of nitrogens with zero attached hydrogens (tertiary/aromatic N) is 1. The molecule has 6 heavy (non-hydrogen) atoms. The summed E-state index contributed by atoms with van der Waals surface area (Å²) in [5.74, 6) is 0. The Bertz CT molecular complexity index is 15.5. The first-order valence-corrected chi connectivity index (χ1v) is 1.34. The molecule has 34 valence electrons. The largest absolute Gasteiger partial charge is 1.00 e. The summed E-state index contributed by atoms with van der Waals surface area (Å²) in [5, 5.41) is 0. The zero-order chi connectivity index (χ0) is 3.58. The zero-order valence-corrected chi connectivity index (χ0v) is 7.58. The molecule has 0 aliphatic rings. The molecule has 0 fully saturated rings. The van der Waals surface area contributed by atoms with E-state index >= 15 is 0 Å². The van der Waals surface area contributed by atoms with Crippen molar-refractivity contribution in [3.05, 3.63) is 0 Å². The van der Waals surface area contributed by atoms with E-state index in [9.17, 15) is 0 Å². The first kappa shape index (κ1) is 15.7. The summed E-state index contributed by atoms with van der Waals surface area (Å²) in [6.07, 6.45) is 0. The van der Waals surface area contributed by atoms with Crippen molar-refractivity contribution in [1.82, 2.24) is 4.90 Å². The van der Waals surface area contributed by atoms with Crippen molar-refractivity contribution in [2.45, 2.75) is 0 Å². The van der Waals surface area contributed by atoms with Crippen LogP contribution in [0.25, 0.3) is 0 Å². The first-order valence-electron chi connectivity index (χ1n) is 1.34.